The fraction of sp³-hybridized carbons (Fsp3) is 0.172. The number of phenolic OH excluding ortho intramolecular Hbond substituents is 1. The number of hydrogen-bond donors (Lipinski definition) is 1. The van der Waals surface area contributed by atoms with Crippen molar-refractivity contribution < 1.29 is 19.4 Å². The van der Waals surface area contributed by atoms with Crippen LogP contribution < -0.4 is 16.1 Å². The van der Waals surface area contributed by atoms with Crippen LogP contribution >= 0.6 is 22.6 Å². The number of aromatic nitrogens is 3. The Bertz CT molecular complexity index is 1870. The molecule has 3 heterocycles. The lowest BCUT2D eigenvalue weighted by Crippen LogP contribution is -2.42. The Kier molecular flexibility index (Phi) is 5.31. The lowest BCUT2D eigenvalue weighted by Gasteiger charge is -2.40. The van der Waals surface area contributed by atoms with Crippen LogP contribution in [-0.4, -0.2) is 30.6 Å². The number of carbonyl (C=O) groups excluding carboxylic acids is 2. The Morgan fingerprint density at radius 2 is 1.79 bits per heavy atom. The zero-order valence-electron chi connectivity index (χ0n) is 20.3. The van der Waals surface area contributed by atoms with E-state index in [1.165, 1.54) is 21.5 Å². The predicted molar refractivity (Wildman–Crippen MR) is 149 cm³/mol. The number of allylic oxidation sites excluding steroid dienone is 7. The van der Waals surface area contributed by atoms with Crippen molar-refractivity contribution in [3.63, 3.8) is 0 Å². The van der Waals surface area contributed by atoms with Gasteiger partial charge < -0.3 is 9.84 Å². The molecule has 4 aliphatic rings. The van der Waals surface area contributed by atoms with Crippen LogP contribution in [0, 0.1) is 5.92 Å². The molecule has 0 spiro atoms. The largest absolute Gasteiger partial charge is 0.508 e. The van der Waals surface area contributed by atoms with E-state index in [9.17, 15) is 24.3 Å². The average Bonchev–Trinajstić information content (AvgIpc) is 3.20. The maximum atomic E-state index is 13.8. The molecule has 39 heavy (non-hydrogen) atoms. The third-order valence-corrected chi connectivity index (χ3v) is 8.56. The number of rotatable bonds is 2. The van der Waals surface area contributed by atoms with E-state index in [-0.39, 0.29) is 30.3 Å². The Labute approximate surface area is 234 Å². The molecule has 0 radical (unpaired) electrons. The standard InChI is InChI=1S/C29H20IN3O6/c30-21-13-23(35)20-12-22-19(8-9-31-28(37)32(29(38)33(22)31)17-4-2-1-3-5-17)25(26(20)27(21)36)16-10-15-11-18(34)6-7-24(15)39-14-16/h1-8,11,13-14,22,25,34H,9-10,12H2/t22-,25+/m1/s1. The number of carbonyl (C=O) groups is 2. The van der Waals surface area contributed by atoms with Gasteiger partial charge in [-0.25, -0.2) is 23.5 Å². The first-order valence-electron chi connectivity index (χ1n) is 12.4. The van der Waals surface area contributed by atoms with E-state index in [2.05, 4.69) is 0 Å². The van der Waals surface area contributed by atoms with E-state index in [1.807, 2.05) is 28.7 Å². The Morgan fingerprint density at radius 3 is 2.59 bits per heavy atom. The molecule has 1 aromatic heterocycles. The molecule has 10 heteroatoms. The molecule has 0 saturated carbocycles. The molecular formula is C29H20IN3O6. The summed E-state index contributed by atoms with van der Waals surface area (Å²) in [6.45, 7) is 0.138. The van der Waals surface area contributed by atoms with Gasteiger partial charge in [0.2, 0.25) is 0 Å². The van der Waals surface area contributed by atoms with Crippen molar-refractivity contribution in [3.8, 4) is 17.2 Å². The molecule has 2 atom stereocenters. The van der Waals surface area contributed by atoms with Gasteiger partial charge in [-0.2, -0.15) is 0 Å². The summed E-state index contributed by atoms with van der Waals surface area (Å²) in [5.74, 6) is -0.435. The molecule has 1 N–H and O–H groups in total. The van der Waals surface area contributed by atoms with Crippen LogP contribution in [0.4, 0.5) is 0 Å². The van der Waals surface area contributed by atoms with Crippen molar-refractivity contribution >= 4 is 34.2 Å². The first-order chi connectivity index (χ1) is 18.8. The summed E-state index contributed by atoms with van der Waals surface area (Å²) >= 11 is 1.89. The zero-order valence-corrected chi connectivity index (χ0v) is 22.5. The van der Waals surface area contributed by atoms with Crippen LogP contribution in [0.3, 0.4) is 0 Å². The highest BCUT2D eigenvalue weighted by molar-refractivity contribution is 14.1. The topological polar surface area (TPSA) is 113 Å². The molecule has 7 rings (SSSR count). The fourth-order valence-corrected chi connectivity index (χ4v) is 6.65. The second kappa shape index (κ2) is 8.67. The number of phenols is 1. The normalized spacial score (nSPS) is 21.6. The van der Waals surface area contributed by atoms with Crippen LogP contribution in [-0.2, 0) is 22.6 Å². The summed E-state index contributed by atoms with van der Waals surface area (Å²) in [4.78, 5) is 53.9. The van der Waals surface area contributed by atoms with Gasteiger partial charge in [-0.15, -0.1) is 0 Å². The second-order valence-electron chi connectivity index (χ2n) is 9.88. The number of benzene rings is 2. The van der Waals surface area contributed by atoms with Crippen LogP contribution in [0.5, 0.6) is 11.5 Å². The molecular weight excluding hydrogens is 613 g/mol. The predicted octanol–water partition coefficient (Wildman–Crippen LogP) is 3.29. The Morgan fingerprint density at radius 1 is 1.00 bits per heavy atom. The van der Waals surface area contributed by atoms with Gasteiger partial charge >= 0.3 is 11.4 Å². The fourth-order valence-electron chi connectivity index (χ4n) is 6.08. The van der Waals surface area contributed by atoms with E-state index >= 15 is 0 Å². The smallest absolute Gasteiger partial charge is 0.352 e. The molecule has 3 aromatic rings. The number of hydrogen-bond acceptors (Lipinski definition) is 6. The van der Waals surface area contributed by atoms with Gasteiger partial charge in [0.15, 0.2) is 11.6 Å². The zero-order chi connectivity index (χ0) is 27.0. The molecule has 9 nitrogen and oxygen atoms in total. The molecule has 2 aromatic carbocycles. The summed E-state index contributed by atoms with van der Waals surface area (Å²) in [7, 11) is 0. The van der Waals surface area contributed by atoms with Crippen molar-refractivity contribution in [2.45, 2.75) is 25.4 Å². The monoisotopic (exact) mass is 633 g/mol. The average molecular weight is 633 g/mol. The van der Waals surface area contributed by atoms with E-state index < -0.39 is 23.3 Å². The van der Waals surface area contributed by atoms with Crippen molar-refractivity contribution in [2.75, 3.05) is 0 Å². The number of aromatic hydroxyl groups is 1. The summed E-state index contributed by atoms with van der Waals surface area (Å²) in [6, 6.07) is 12.9. The van der Waals surface area contributed by atoms with Crippen LogP contribution in [0.25, 0.3) is 5.69 Å². The number of ketones is 2. The van der Waals surface area contributed by atoms with Gasteiger partial charge in [0.1, 0.15) is 11.5 Å². The van der Waals surface area contributed by atoms with E-state index in [0.29, 0.717) is 32.6 Å². The quantitative estimate of drug-likeness (QED) is 0.264. The Balaban J connectivity index is 1.41. The van der Waals surface area contributed by atoms with Crippen LogP contribution in [0.1, 0.15) is 18.0 Å². The maximum Gasteiger partial charge on any atom is 0.352 e. The number of fused-ring (bicyclic) bond motifs is 4. The number of nitrogens with zero attached hydrogens (tertiary/aromatic N) is 3. The van der Waals surface area contributed by atoms with E-state index in [1.54, 1.807) is 48.7 Å². The number of Topliss-reactive ketones (excluding diaryl/α,β-unsaturated/α-hetero) is 1. The molecule has 0 amide bonds. The number of ether oxygens (including phenoxy) is 1. The third-order valence-electron chi connectivity index (χ3n) is 7.76. The van der Waals surface area contributed by atoms with Gasteiger partial charge in [-0.3, -0.25) is 9.59 Å². The van der Waals surface area contributed by atoms with Gasteiger partial charge in [0.05, 0.1) is 28.1 Å². The van der Waals surface area contributed by atoms with Crippen molar-refractivity contribution in [1.82, 2.24) is 13.9 Å². The lowest BCUT2D eigenvalue weighted by atomic mass is 9.68. The Hall–Kier alpha value is -4.19. The van der Waals surface area contributed by atoms with Crippen molar-refractivity contribution in [3.05, 3.63) is 119 Å². The second-order valence-corrected chi connectivity index (χ2v) is 11.0. The first kappa shape index (κ1) is 23.9. The van der Waals surface area contributed by atoms with Gasteiger partial charge in [0.25, 0.3) is 0 Å². The minimum Gasteiger partial charge on any atom is -0.508 e. The third kappa shape index (κ3) is 3.50. The summed E-state index contributed by atoms with van der Waals surface area (Å²) in [6.07, 6.45) is 5.31. The molecule has 194 valence electrons. The van der Waals surface area contributed by atoms with Crippen molar-refractivity contribution in [2.24, 2.45) is 5.92 Å². The van der Waals surface area contributed by atoms with Gasteiger partial charge in [-0.1, -0.05) is 24.3 Å². The first-order valence-corrected chi connectivity index (χ1v) is 13.5. The lowest BCUT2D eigenvalue weighted by molar-refractivity contribution is -0.116. The molecule has 2 aliphatic carbocycles. The van der Waals surface area contributed by atoms with E-state index in [4.69, 9.17) is 4.74 Å². The summed E-state index contributed by atoms with van der Waals surface area (Å²) in [5, 5.41) is 10.1. The summed E-state index contributed by atoms with van der Waals surface area (Å²) < 4.78 is 10.2. The molecule has 2 aliphatic heterocycles. The van der Waals surface area contributed by atoms with Gasteiger partial charge in [0, 0.05) is 41.5 Å². The van der Waals surface area contributed by atoms with Crippen LogP contribution in [0.2, 0.25) is 0 Å². The molecule has 0 saturated heterocycles. The van der Waals surface area contributed by atoms with Crippen LogP contribution in [0.15, 0.2) is 102 Å². The number of para-hydroxylation sites is 1. The minimum absolute atomic E-state index is 0.0936. The molecule has 0 unspecified atom stereocenters. The highest BCUT2D eigenvalue weighted by Gasteiger charge is 2.46. The van der Waals surface area contributed by atoms with Gasteiger partial charge in [-0.05, 0) is 64.1 Å². The molecule has 0 fully saturated rings. The van der Waals surface area contributed by atoms with E-state index in [0.717, 1.165) is 21.3 Å². The molecule has 0 bridgehead atoms. The summed E-state index contributed by atoms with van der Waals surface area (Å²) in [5.41, 5.74) is 2.46. The SMILES string of the molecule is O=C1C=C(I)C(=O)C2=C1C[C@@H]1C(=CCn3c(=O)n(-c4ccccc4)c(=O)n31)[C@@H]2C1=COc2ccc(O)cc2C1. The van der Waals surface area contributed by atoms with Crippen molar-refractivity contribution in [1.29, 1.82) is 0 Å². The highest BCUT2D eigenvalue weighted by Crippen LogP contribution is 2.50. The highest BCUT2D eigenvalue weighted by atomic mass is 127. The minimum atomic E-state index is -0.639. The number of halogens is 1. The maximum absolute atomic E-state index is 13.8.